The number of amides is 1. The van der Waals surface area contributed by atoms with Crippen LogP contribution in [-0.4, -0.2) is 59.9 Å². The Morgan fingerprint density at radius 2 is 2.17 bits per heavy atom. The second-order valence-corrected chi connectivity index (χ2v) is 5.18. The molecule has 1 atom stereocenters. The van der Waals surface area contributed by atoms with Crippen molar-refractivity contribution < 1.29 is 24.2 Å². The summed E-state index contributed by atoms with van der Waals surface area (Å²) in [5.74, 6) is -0.984. The van der Waals surface area contributed by atoms with E-state index < -0.39 is 11.6 Å². The van der Waals surface area contributed by atoms with E-state index in [1.807, 2.05) is 6.92 Å². The predicted molar refractivity (Wildman–Crippen MR) is 62.2 cm³/mol. The summed E-state index contributed by atoms with van der Waals surface area (Å²) in [7, 11) is 0. The lowest BCUT2D eigenvalue weighted by Crippen LogP contribution is -2.65. The van der Waals surface area contributed by atoms with Crippen LogP contribution >= 0.6 is 0 Å². The molecule has 0 aromatic heterocycles. The van der Waals surface area contributed by atoms with E-state index in [2.05, 4.69) is 0 Å². The highest BCUT2D eigenvalue weighted by atomic mass is 16.5. The average molecular weight is 257 g/mol. The van der Waals surface area contributed by atoms with Crippen molar-refractivity contribution in [1.29, 1.82) is 0 Å². The second-order valence-electron chi connectivity index (χ2n) is 5.18. The van der Waals surface area contributed by atoms with Crippen molar-refractivity contribution in [1.82, 2.24) is 4.90 Å². The van der Waals surface area contributed by atoms with Crippen molar-refractivity contribution in [2.45, 2.75) is 37.9 Å². The van der Waals surface area contributed by atoms with Gasteiger partial charge in [0.15, 0.2) is 0 Å². The SMILES string of the molecule is CC1(OCC(=O)O)CN(C(=O)C2CCCCO2)C1. The molecule has 2 fully saturated rings. The first-order chi connectivity index (χ1) is 8.50. The van der Waals surface area contributed by atoms with Crippen LogP contribution in [0, 0.1) is 0 Å². The second kappa shape index (κ2) is 5.24. The summed E-state index contributed by atoms with van der Waals surface area (Å²) >= 11 is 0. The lowest BCUT2D eigenvalue weighted by molar-refractivity contribution is -0.181. The first-order valence-electron chi connectivity index (χ1n) is 6.26. The van der Waals surface area contributed by atoms with E-state index in [0.717, 1.165) is 19.3 Å². The predicted octanol–water partition coefficient (Wildman–Crippen LogP) is 0.258. The average Bonchev–Trinajstić information content (AvgIpc) is 2.33. The summed E-state index contributed by atoms with van der Waals surface area (Å²) in [6.07, 6.45) is 2.50. The van der Waals surface area contributed by atoms with Crippen LogP contribution in [0.15, 0.2) is 0 Å². The molecule has 102 valence electrons. The van der Waals surface area contributed by atoms with Crippen LogP contribution in [0.25, 0.3) is 0 Å². The Labute approximate surface area is 106 Å². The highest BCUT2D eigenvalue weighted by molar-refractivity contribution is 5.82. The van der Waals surface area contributed by atoms with Gasteiger partial charge in [0.2, 0.25) is 0 Å². The van der Waals surface area contributed by atoms with E-state index in [0.29, 0.717) is 19.7 Å². The Kier molecular flexibility index (Phi) is 3.87. The van der Waals surface area contributed by atoms with Crippen LogP contribution in [0.2, 0.25) is 0 Å². The van der Waals surface area contributed by atoms with Crippen molar-refractivity contribution in [2.75, 3.05) is 26.3 Å². The molecule has 0 aromatic rings. The number of carboxylic acids is 1. The van der Waals surface area contributed by atoms with Crippen molar-refractivity contribution in [3.8, 4) is 0 Å². The number of nitrogens with zero attached hydrogens (tertiary/aromatic N) is 1. The molecule has 2 saturated heterocycles. The Bertz CT molecular complexity index is 331. The molecule has 0 spiro atoms. The molecule has 0 aromatic carbocycles. The maximum Gasteiger partial charge on any atom is 0.329 e. The first kappa shape index (κ1) is 13.3. The minimum atomic E-state index is -0.989. The Morgan fingerprint density at radius 1 is 1.44 bits per heavy atom. The van der Waals surface area contributed by atoms with E-state index in [4.69, 9.17) is 14.6 Å². The number of rotatable bonds is 4. The van der Waals surface area contributed by atoms with Gasteiger partial charge < -0.3 is 19.5 Å². The van der Waals surface area contributed by atoms with Crippen molar-refractivity contribution >= 4 is 11.9 Å². The Morgan fingerprint density at radius 3 is 2.72 bits per heavy atom. The van der Waals surface area contributed by atoms with Gasteiger partial charge in [-0.3, -0.25) is 4.79 Å². The van der Waals surface area contributed by atoms with E-state index >= 15 is 0 Å². The third-order valence-electron chi connectivity index (χ3n) is 3.36. The highest BCUT2D eigenvalue weighted by Crippen LogP contribution is 2.27. The van der Waals surface area contributed by atoms with E-state index in [9.17, 15) is 9.59 Å². The zero-order chi connectivity index (χ0) is 13.2. The minimum absolute atomic E-state index is 0.00565. The van der Waals surface area contributed by atoms with Gasteiger partial charge in [-0.25, -0.2) is 4.79 Å². The smallest absolute Gasteiger partial charge is 0.329 e. The lowest BCUT2D eigenvalue weighted by atomic mass is 9.94. The first-order valence-corrected chi connectivity index (χ1v) is 6.26. The zero-order valence-electron chi connectivity index (χ0n) is 10.6. The number of aliphatic carboxylic acids is 1. The number of ether oxygens (including phenoxy) is 2. The van der Waals surface area contributed by atoms with Gasteiger partial charge in [0, 0.05) is 6.61 Å². The molecular formula is C12H19NO5. The third kappa shape index (κ3) is 3.00. The molecule has 2 aliphatic rings. The van der Waals surface area contributed by atoms with Gasteiger partial charge in [0.25, 0.3) is 5.91 Å². The summed E-state index contributed by atoms with van der Waals surface area (Å²) in [5, 5.41) is 8.55. The lowest BCUT2D eigenvalue weighted by Gasteiger charge is -2.48. The quantitative estimate of drug-likeness (QED) is 0.781. The van der Waals surface area contributed by atoms with E-state index in [1.54, 1.807) is 4.90 Å². The zero-order valence-corrected chi connectivity index (χ0v) is 10.6. The monoisotopic (exact) mass is 257 g/mol. The number of likely N-dealkylation sites (tertiary alicyclic amines) is 1. The number of carbonyl (C=O) groups excluding carboxylic acids is 1. The van der Waals surface area contributed by atoms with Crippen LogP contribution in [0.5, 0.6) is 0 Å². The molecule has 1 N–H and O–H groups in total. The summed E-state index contributed by atoms with van der Waals surface area (Å²) in [4.78, 5) is 24.1. The molecule has 2 heterocycles. The molecule has 2 aliphatic heterocycles. The van der Waals surface area contributed by atoms with Gasteiger partial charge in [-0.2, -0.15) is 0 Å². The summed E-state index contributed by atoms with van der Waals surface area (Å²) in [6.45, 7) is 3.04. The molecule has 6 nitrogen and oxygen atoms in total. The fourth-order valence-electron chi connectivity index (χ4n) is 2.38. The fraction of sp³-hybridized carbons (Fsp3) is 0.833. The van der Waals surface area contributed by atoms with Crippen molar-refractivity contribution in [3.05, 3.63) is 0 Å². The van der Waals surface area contributed by atoms with Crippen LogP contribution < -0.4 is 0 Å². The number of hydrogen-bond donors (Lipinski definition) is 1. The number of hydrogen-bond acceptors (Lipinski definition) is 4. The van der Waals surface area contributed by atoms with Gasteiger partial charge in [0.1, 0.15) is 18.3 Å². The molecule has 0 radical (unpaired) electrons. The van der Waals surface area contributed by atoms with Crippen LogP contribution in [-0.2, 0) is 19.1 Å². The van der Waals surface area contributed by atoms with Crippen molar-refractivity contribution in [2.24, 2.45) is 0 Å². The maximum absolute atomic E-state index is 12.0. The summed E-state index contributed by atoms with van der Waals surface area (Å²) in [6, 6.07) is 0. The summed E-state index contributed by atoms with van der Waals surface area (Å²) in [5.41, 5.74) is -0.525. The third-order valence-corrected chi connectivity index (χ3v) is 3.36. The maximum atomic E-state index is 12.0. The molecule has 0 saturated carbocycles. The minimum Gasteiger partial charge on any atom is -0.480 e. The van der Waals surface area contributed by atoms with Gasteiger partial charge in [0.05, 0.1) is 13.1 Å². The fourth-order valence-corrected chi connectivity index (χ4v) is 2.38. The molecule has 0 aliphatic carbocycles. The molecule has 18 heavy (non-hydrogen) atoms. The number of carbonyl (C=O) groups is 2. The van der Waals surface area contributed by atoms with Gasteiger partial charge >= 0.3 is 5.97 Å². The van der Waals surface area contributed by atoms with E-state index in [1.165, 1.54) is 0 Å². The van der Waals surface area contributed by atoms with Crippen LogP contribution in [0.1, 0.15) is 26.2 Å². The summed E-state index contributed by atoms with van der Waals surface area (Å²) < 4.78 is 10.7. The molecule has 1 amide bonds. The van der Waals surface area contributed by atoms with Gasteiger partial charge in [-0.15, -0.1) is 0 Å². The van der Waals surface area contributed by atoms with Crippen LogP contribution in [0.3, 0.4) is 0 Å². The standard InChI is InChI=1S/C12H19NO5/c1-12(18-6-10(14)15)7-13(8-12)11(16)9-4-2-3-5-17-9/h9H,2-8H2,1H3,(H,14,15). The number of carboxylic acid groups (broad SMARTS) is 1. The molecule has 6 heteroatoms. The van der Waals surface area contributed by atoms with Crippen molar-refractivity contribution in [3.63, 3.8) is 0 Å². The Balaban J connectivity index is 1.77. The molecule has 2 rings (SSSR count). The van der Waals surface area contributed by atoms with E-state index in [-0.39, 0.29) is 18.6 Å². The Hall–Kier alpha value is -1.14. The molecule has 0 bridgehead atoms. The van der Waals surface area contributed by atoms with Gasteiger partial charge in [-0.05, 0) is 26.2 Å². The highest BCUT2D eigenvalue weighted by Gasteiger charge is 2.44. The normalized spacial score (nSPS) is 26.5. The van der Waals surface area contributed by atoms with Crippen LogP contribution in [0.4, 0.5) is 0 Å². The molecular weight excluding hydrogens is 238 g/mol. The molecule has 1 unspecified atom stereocenters. The topological polar surface area (TPSA) is 76.1 Å². The van der Waals surface area contributed by atoms with Gasteiger partial charge in [-0.1, -0.05) is 0 Å². The largest absolute Gasteiger partial charge is 0.480 e.